The van der Waals surface area contributed by atoms with Crippen molar-refractivity contribution in [1.29, 1.82) is 0 Å². The van der Waals surface area contributed by atoms with E-state index in [0.29, 0.717) is 19.0 Å². The van der Waals surface area contributed by atoms with E-state index in [2.05, 4.69) is 17.4 Å². The normalized spacial score (nSPS) is 19.5. The number of fused-ring (bicyclic) bond motifs is 1. The predicted molar refractivity (Wildman–Crippen MR) is 88.1 cm³/mol. The highest BCUT2D eigenvalue weighted by Gasteiger charge is 2.31. The summed E-state index contributed by atoms with van der Waals surface area (Å²) in [6, 6.07) is 7.48. The van der Waals surface area contributed by atoms with Gasteiger partial charge < -0.3 is 16.0 Å². The lowest BCUT2D eigenvalue weighted by Crippen LogP contribution is -2.44. The Hall–Kier alpha value is -2.14. The summed E-state index contributed by atoms with van der Waals surface area (Å²) >= 11 is 0. The molecule has 1 aliphatic heterocycles. The molecular weight excluding hydrogens is 290 g/mol. The van der Waals surface area contributed by atoms with Crippen molar-refractivity contribution >= 4 is 11.8 Å². The van der Waals surface area contributed by atoms with Crippen LogP contribution in [0.1, 0.15) is 30.9 Å². The van der Waals surface area contributed by atoms with Crippen LogP contribution in [0.15, 0.2) is 36.4 Å². The van der Waals surface area contributed by atoms with E-state index in [4.69, 9.17) is 5.73 Å². The third kappa shape index (κ3) is 3.79. The number of carbonyl (C=O) groups is 2. The Kier molecular flexibility index (Phi) is 4.48. The summed E-state index contributed by atoms with van der Waals surface area (Å²) in [5, 5.41) is 2.92. The number of nitrogens with two attached hydrogens (primary N) is 1. The van der Waals surface area contributed by atoms with Gasteiger partial charge in [-0.3, -0.25) is 9.59 Å². The van der Waals surface area contributed by atoms with Gasteiger partial charge in [-0.25, -0.2) is 0 Å². The van der Waals surface area contributed by atoms with E-state index in [1.54, 1.807) is 13.0 Å². The molecular formula is C18H23N3O2. The monoisotopic (exact) mass is 313 g/mol. The topological polar surface area (TPSA) is 75.4 Å². The zero-order valence-corrected chi connectivity index (χ0v) is 13.4. The van der Waals surface area contributed by atoms with Crippen molar-refractivity contribution in [2.75, 3.05) is 0 Å². The maximum Gasteiger partial charge on any atom is 0.246 e. The van der Waals surface area contributed by atoms with Gasteiger partial charge in [-0.1, -0.05) is 30.3 Å². The predicted octanol–water partition coefficient (Wildman–Crippen LogP) is 1.33. The number of nitrogens with one attached hydrogen (secondary N) is 1. The second kappa shape index (κ2) is 6.54. The van der Waals surface area contributed by atoms with E-state index in [-0.39, 0.29) is 17.9 Å². The van der Waals surface area contributed by atoms with Crippen LogP contribution in [-0.2, 0) is 22.7 Å². The second-order valence-electron chi connectivity index (χ2n) is 6.48. The third-order valence-corrected chi connectivity index (χ3v) is 4.45. The van der Waals surface area contributed by atoms with E-state index in [1.807, 2.05) is 23.1 Å². The molecule has 122 valence electrons. The van der Waals surface area contributed by atoms with Gasteiger partial charge in [0.25, 0.3) is 0 Å². The van der Waals surface area contributed by atoms with Gasteiger partial charge in [-0.05, 0) is 36.8 Å². The van der Waals surface area contributed by atoms with Gasteiger partial charge in [0, 0.05) is 19.2 Å². The molecule has 1 aromatic rings. The summed E-state index contributed by atoms with van der Waals surface area (Å²) in [7, 11) is 0. The number of amides is 2. The Morgan fingerprint density at radius 1 is 1.26 bits per heavy atom. The van der Waals surface area contributed by atoms with Crippen molar-refractivity contribution in [3.8, 4) is 0 Å². The van der Waals surface area contributed by atoms with E-state index < -0.39 is 6.04 Å². The van der Waals surface area contributed by atoms with E-state index in [9.17, 15) is 9.59 Å². The molecule has 0 aromatic heterocycles. The summed E-state index contributed by atoms with van der Waals surface area (Å²) in [4.78, 5) is 26.0. The van der Waals surface area contributed by atoms with Gasteiger partial charge in [0.2, 0.25) is 11.8 Å². The summed E-state index contributed by atoms with van der Waals surface area (Å²) in [6.07, 6.45) is 5.58. The van der Waals surface area contributed by atoms with Gasteiger partial charge in [-0.15, -0.1) is 0 Å². The summed E-state index contributed by atoms with van der Waals surface area (Å²) in [5.41, 5.74) is 8.01. The largest absolute Gasteiger partial charge is 0.348 e. The van der Waals surface area contributed by atoms with Crippen molar-refractivity contribution < 1.29 is 9.59 Å². The Morgan fingerprint density at radius 2 is 1.87 bits per heavy atom. The molecule has 0 radical (unpaired) electrons. The molecule has 3 N–H and O–H groups in total. The summed E-state index contributed by atoms with van der Waals surface area (Å²) in [5.74, 6) is 0.243. The lowest BCUT2D eigenvalue weighted by atomic mass is 10.1. The minimum Gasteiger partial charge on any atom is -0.348 e. The van der Waals surface area contributed by atoms with Crippen molar-refractivity contribution in [3.05, 3.63) is 47.5 Å². The molecule has 3 rings (SSSR count). The highest BCUT2D eigenvalue weighted by atomic mass is 16.2. The lowest BCUT2D eigenvalue weighted by molar-refractivity contribution is -0.126. The highest BCUT2D eigenvalue weighted by molar-refractivity contribution is 5.88. The molecule has 5 heteroatoms. The molecule has 0 bridgehead atoms. The van der Waals surface area contributed by atoms with Crippen LogP contribution in [0.2, 0.25) is 0 Å². The SMILES string of the molecule is CC(N)C(=O)NC(C=CC(=O)N1Cc2ccccc2C1)C1CC1. The van der Waals surface area contributed by atoms with Gasteiger partial charge in [0.1, 0.15) is 0 Å². The number of hydrogen-bond acceptors (Lipinski definition) is 3. The molecule has 2 unspecified atom stereocenters. The lowest BCUT2D eigenvalue weighted by Gasteiger charge is -2.17. The molecule has 1 aliphatic carbocycles. The van der Waals surface area contributed by atoms with Crippen molar-refractivity contribution in [3.63, 3.8) is 0 Å². The first-order valence-electron chi connectivity index (χ1n) is 8.14. The molecule has 1 saturated carbocycles. The molecule has 23 heavy (non-hydrogen) atoms. The molecule has 2 aliphatic rings. The summed E-state index contributed by atoms with van der Waals surface area (Å²) in [6.45, 7) is 2.97. The van der Waals surface area contributed by atoms with E-state index in [0.717, 1.165) is 12.8 Å². The standard InChI is InChI=1S/C18H23N3O2/c1-12(19)18(23)20-16(13-6-7-13)8-9-17(22)21-10-14-4-2-3-5-15(14)11-21/h2-5,8-9,12-13,16H,6-7,10-11,19H2,1H3,(H,20,23). The molecule has 1 heterocycles. The second-order valence-corrected chi connectivity index (χ2v) is 6.48. The molecule has 2 amide bonds. The Labute approximate surface area is 136 Å². The Morgan fingerprint density at radius 3 is 2.39 bits per heavy atom. The number of hydrogen-bond donors (Lipinski definition) is 2. The minimum absolute atomic E-state index is 0.0121. The fraction of sp³-hybridized carbons (Fsp3) is 0.444. The minimum atomic E-state index is -0.534. The van der Waals surface area contributed by atoms with Crippen molar-refractivity contribution in [1.82, 2.24) is 10.2 Å². The maximum atomic E-state index is 12.4. The third-order valence-electron chi connectivity index (χ3n) is 4.45. The number of carbonyl (C=O) groups excluding carboxylic acids is 2. The number of nitrogens with zero attached hydrogens (tertiary/aromatic N) is 1. The van der Waals surface area contributed by atoms with E-state index >= 15 is 0 Å². The molecule has 1 aromatic carbocycles. The van der Waals surface area contributed by atoms with Crippen LogP contribution in [0.5, 0.6) is 0 Å². The molecule has 1 fully saturated rings. The van der Waals surface area contributed by atoms with Gasteiger partial charge >= 0.3 is 0 Å². The van der Waals surface area contributed by atoms with Crippen LogP contribution in [-0.4, -0.2) is 28.8 Å². The van der Waals surface area contributed by atoms with Crippen LogP contribution >= 0.6 is 0 Å². The zero-order chi connectivity index (χ0) is 16.4. The smallest absolute Gasteiger partial charge is 0.246 e. The first-order valence-corrected chi connectivity index (χ1v) is 8.14. The van der Waals surface area contributed by atoms with Gasteiger partial charge in [0.05, 0.1) is 12.1 Å². The van der Waals surface area contributed by atoms with Gasteiger partial charge in [0.15, 0.2) is 0 Å². The first-order chi connectivity index (χ1) is 11.0. The maximum absolute atomic E-state index is 12.4. The Bertz CT molecular complexity index is 610. The fourth-order valence-corrected chi connectivity index (χ4v) is 2.85. The molecule has 2 atom stereocenters. The van der Waals surface area contributed by atoms with Crippen molar-refractivity contribution in [2.24, 2.45) is 11.7 Å². The summed E-state index contributed by atoms with van der Waals surface area (Å²) < 4.78 is 0. The van der Waals surface area contributed by atoms with Crippen LogP contribution in [0.4, 0.5) is 0 Å². The van der Waals surface area contributed by atoms with Crippen LogP contribution in [0, 0.1) is 5.92 Å². The average Bonchev–Trinajstić information content (AvgIpc) is 3.28. The molecule has 0 saturated heterocycles. The van der Waals surface area contributed by atoms with Crippen LogP contribution in [0.3, 0.4) is 0 Å². The quantitative estimate of drug-likeness (QED) is 0.805. The van der Waals surface area contributed by atoms with E-state index in [1.165, 1.54) is 11.1 Å². The fourth-order valence-electron chi connectivity index (χ4n) is 2.85. The zero-order valence-electron chi connectivity index (χ0n) is 13.4. The molecule has 5 nitrogen and oxygen atoms in total. The number of benzene rings is 1. The van der Waals surface area contributed by atoms with Gasteiger partial charge in [-0.2, -0.15) is 0 Å². The van der Waals surface area contributed by atoms with Crippen LogP contribution in [0.25, 0.3) is 0 Å². The average molecular weight is 313 g/mol. The van der Waals surface area contributed by atoms with Crippen LogP contribution < -0.4 is 11.1 Å². The Balaban J connectivity index is 1.60. The first kappa shape index (κ1) is 15.7. The molecule has 0 spiro atoms. The number of rotatable bonds is 5. The highest BCUT2D eigenvalue weighted by Crippen LogP contribution is 2.33. The van der Waals surface area contributed by atoms with Crippen molar-refractivity contribution in [2.45, 2.75) is 44.9 Å².